The van der Waals surface area contributed by atoms with Gasteiger partial charge < -0.3 is 20.2 Å². The Morgan fingerprint density at radius 3 is 2.83 bits per heavy atom. The average molecular weight is 328 g/mol. The van der Waals surface area contributed by atoms with Crippen LogP contribution in [0, 0.1) is 0 Å². The molecule has 0 atom stereocenters. The Labute approximate surface area is 134 Å². The lowest BCUT2D eigenvalue weighted by atomic mass is 10.1. The minimum Gasteiger partial charge on any atom is -0.486 e. The first-order valence-corrected chi connectivity index (χ1v) is 7.74. The van der Waals surface area contributed by atoms with Gasteiger partial charge in [0.1, 0.15) is 13.2 Å². The van der Waals surface area contributed by atoms with E-state index in [-0.39, 0.29) is 5.56 Å². The van der Waals surface area contributed by atoms with Gasteiger partial charge in [-0.1, -0.05) is 11.3 Å². The number of H-pyrrole nitrogens is 1. The molecule has 0 aliphatic carbocycles. The molecule has 0 radical (unpaired) electrons. The molecular weight excluding hydrogens is 316 g/mol. The zero-order valence-electron chi connectivity index (χ0n) is 11.9. The van der Waals surface area contributed by atoms with Gasteiger partial charge in [0.25, 0.3) is 5.56 Å². The van der Waals surface area contributed by atoms with Crippen molar-refractivity contribution in [3.63, 3.8) is 0 Å². The summed E-state index contributed by atoms with van der Waals surface area (Å²) in [5.74, 6) is 1.81. The molecule has 4 rings (SSSR count). The first-order chi connectivity index (χ1) is 11.2. The van der Waals surface area contributed by atoms with Crippen LogP contribution in [0.1, 0.15) is 0 Å². The van der Waals surface area contributed by atoms with Crippen LogP contribution in [-0.2, 0) is 0 Å². The van der Waals surface area contributed by atoms with E-state index in [0.717, 1.165) is 5.56 Å². The number of aromatic amines is 1. The normalized spacial score (nSPS) is 13.0. The van der Waals surface area contributed by atoms with Crippen LogP contribution in [0.2, 0.25) is 0 Å². The smallest absolute Gasteiger partial charge is 0.251 e. The van der Waals surface area contributed by atoms with E-state index in [1.807, 2.05) is 18.2 Å². The number of benzene rings is 1. The number of hydrogen-bond donors (Lipinski definition) is 2. The monoisotopic (exact) mass is 328 g/mol. The fourth-order valence-corrected chi connectivity index (χ4v) is 3.18. The number of nitrogens with one attached hydrogen (secondary N) is 1. The molecule has 0 unspecified atom stereocenters. The number of aromatic nitrogens is 3. The van der Waals surface area contributed by atoms with Gasteiger partial charge in [0.05, 0.1) is 10.6 Å². The highest BCUT2D eigenvalue weighted by atomic mass is 32.1. The summed E-state index contributed by atoms with van der Waals surface area (Å²) in [4.78, 5) is 23.5. The summed E-state index contributed by atoms with van der Waals surface area (Å²) in [5, 5.41) is 0.399. The fraction of sp³-hybridized carbons (Fsp3) is 0.133. The minimum atomic E-state index is -0.227. The van der Waals surface area contributed by atoms with E-state index in [2.05, 4.69) is 15.0 Å². The van der Waals surface area contributed by atoms with Gasteiger partial charge >= 0.3 is 0 Å². The summed E-state index contributed by atoms with van der Waals surface area (Å²) in [6.07, 6.45) is 1.46. The van der Waals surface area contributed by atoms with Crippen molar-refractivity contribution in [2.75, 3.05) is 18.9 Å². The topological polar surface area (TPSA) is 103 Å². The van der Waals surface area contributed by atoms with Crippen molar-refractivity contribution in [1.82, 2.24) is 15.0 Å². The predicted molar refractivity (Wildman–Crippen MR) is 86.8 cm³/mol. The Bertz CT molecular complexity index is 934. The third-order valence-electron chi connectivity index (χ3n) is 3.35. The average Bonchev–Trinajstić information content (AvgIpc) is 2.96. The zero-order chi connectivity index (χ0) is 15.8. The van der Waals surface area contributed by atoms with Crippen molar-refractivity contribution < 1.29 is 9.47 Å². The highest BCUT2D eigenvalue weighted by Crippen LogP contribution is 2.40. The van der Waals surface area contributed by atoms with Gasteiger partial charge in [0, 0.05) is 17.8 Å². The molecular formula is C15H12N4O3S. The van der Waals surface area contributed by atoms with Crippen molar-refractivity contribution in [1.29, 1.82) is 0 Å². The molecule has 0 saturated carbocycles. The van der Waals surface area contributed by atoms with Crippen molar-refractivity contribution in [3.05, 3.63) is 40.8 Å². The molecule has 23 heavy (non-hydrogen) atoms. The maximum Gasteiger partial charge on any atom is 0.251 e. The van der Waals surface area contributed by atoms with E-state index in [4.69, 9.17) is 15.2 Å². The van der Waals surface area contributed by atoms with Gasteiger partial charge in [0.15, 0.2) is 22.5 Å². The molecule has 8 heteroatoms. The lowest BCUT2D eigenvalue weighted by Crippen LogP contribution is -2.15. The second-order valence-corrected chi connectivity index (χ2v) is 5.90. The van der Waals surface area contributed by atoms with Crippen LogP contribution in [0.15, 0.2) is 35.3 Å². The predicted octanol–water partition coefficient (Wildman–Crippen LogP) is 1.91. The van der Waals surface area contributed by atoms with E-state index in [9.17, 15) is 4.79 Å². The van der Waals surface area contributed by atoms with Crippen LogP contribution in [0.5, 0.6) is 11.5 Å². The lowest BCUT2D eigenvalue weighted by Gasteiger charge is -2.18. The molecule has 116 valence electrons. The van der Waals surface area contributed by atoms with Crippen molar-refractivity contribution in [3.8, 4) is 33.5 Å². The molecule has 1 aromatic carbocycles. The zero-order valence-corrected chi connectivity index (χ0v) is 12.7. The van der Waals surface area contributed by atoms with Gasteiger partial charge in [-0.25, -0.2) is 9.97 Å². The second kappa shape index (κ2) is 5.40. The highest BCUT2D eigenvalue weighted by molar-refractivity contribution is 7.19. The lowest BCUT2D eigenvalue weighted by molar-refractivity contribution is 0.171. The number of nitrogens with zero attached hydrogens (tertiary/aromatic N) is 2. The summed E-state index contributed by atoms with van der Waals surface area (Å²) < 4.78 is 11.1. The first kappa shape index (κ1) is 13.8. The number of anilines is 1. The van der Waals surface area contributed by atoms with Gasteiger partial charge in [0.2, 0.25) is 0 Å². The third-order valence-corrected chi connectivity index (χ3v) is 4.24. The summed E-state index contributed by atoms with van der Waals surface area (Å²) >= 11 is 1.27. The molecule has 3 N–H and O–H groups in total. The van der Waals surface area contributed by atoms with E-state index >= 15 is 0 Å². The second-order valence-electron chi connectivity index (χ2n) is 4.87. The van der Waals surface area contributed by atoms with Crippen LogP contribution in [0.4, 0.5) is 5.13 Å². The summed E-state index contributed by atoms with van der Waals surface area (Å²) in [7, 11) is 0. The summed E-state index contributed by atoms with van der Waals surface area (Å²) in [6.45, 7) is 1.05. The largest absolute Gasteiger partial charge is 0.486 e. The van der Waals surface area contributed by atoms with Gasteiger partial charge in [-0.05, 0) is 18.2 Å². The van der Waals surface area contributed by atoms with Crippen molar-refractivity contribution in [2.24, 2.45) is 0 Å². The third kappa shape index (κ3) is 2.53. The molecule has 0 saturated heterocycles. The number of fused-ring (bicyclic) bond motifs is 1. The number of thiazole rings is 1. The molecule has 3 aromatic rings. The minimum absolute atomic E-state index is 0.227. The Kier molecular flexibility index (Phi) is 3.23. The molecule has 0 amide bonds. The standard InChI is InChI=1S/C15H12N4O3S/c16-15-19-12(13(23-15)14-17-4-3-11(20)18-14)8-1-2-9-10(7-8)22-6-5-21-9/h1-4,7H,5-6H2,(H2,16,19)(H,17,18,20). The maximum absolute atomic E-state index is 11.5. The van der Waals surface area contributed by atoms with E-state index in [1.165, 1.54) is 23.6 Å². The highest BCUT2D eigenvalue weighted by Gasteiger charge is 2.19. The Balaban J connectivity index is 1.85. The van der Waals surface area contributed by atoms with Gasteiger partial charge in [-0.15, -0.1) is 0 Å². The van der Waals surface area contributed by atoms with Crippen LogP contribution in [-0.4, -0.2) is 28.2 Å². The molecule has 0 spiro atoms. The molecule has 7 nitrogen and oxygen atoms in total. The molecule has 1 aliphatic rings. The quantitative estimate of drug-likeness (QED) is 0.745. The SMILES string of the molecule is Nc1nc(-c2ccc3c(c2)OCCO3)c(-c2nccc(=O)[nH]2)s1. The molecule has 3 heterocycles. The van der Waals surface area contributed by atoms with E-state index in [1.54, 1.807) is 0 Å². The number of hydrogen-bond acceptors (Lipinski definition) is 7. The maximum atomic E-state index is 11.5. The fourth-order valence-electron chi connectivity index (χ4n) is 2.37. The summed E-state index contributed by atoms with van der Waals surface area (Å²) in [5.41, 5.74) is 7.11. The molecule has 2 aromatic heterocycles. The summed E-state index contributed by atoms with van der Waals surface area (Å²) in [6, 6.07) is 6.93. The van der Waals surface area contributed by atoms with Crippen LogP contribution in [0.3, 0.4) is 0 Å². The van der Waals surface area contributed by atoms with Crippen LogP contribution >= 0.6 is 11.3 Å². The molecule has 0 fully saturated rings. The first-order valence-electron chi connectivity index (χ1n) is 6.93. The number of nitrogens with two attached hydrogens (primary N) is 1. The van der Waals surface area contributed by atoms with Crippen molar-refractivity contribution in [2.45, 2.75) is 0 Å². The van der Waals surface area contributed by atoms with E-state index < -0.39 is 0 Å². The molecule has 1 aliphatic heterocycles. The van der Waals surface area contributed by atoms with Gasteiger partial charge in [-0.3, -0.25) is 4.79 Å². The molecule has 0 bridgehead atoms. The number of ether oxygens (including phenoxy) is 2. The van der Waals surface area contributed by atoms with Crippen LogP contribution in [0.25, 0.3) is 22.0 Å². The number of rotatable bonds is 2. The van der Waals surface area contributed by atoms with Crippen molar-refractivity contribution >= 4 is 16.5 Å². The van der Waals surface area contributed by atoms with Gasteiger partial charge in [-0.2, -0.15) is 0 Å². The Hall–Kier alpha value is -2.87. The van der Waals surface area contributed by atoms with Crippen LogP contribution < -0.4 is 20.8 Å². The Morgan fingerprint density at radius 1 is 1.17 bits per heavy atom. The van der Waals surface area contributed by atoms with E-state index in [0.29, 0.717) is 46.2 Å². The number of nitrogen functional groups attached to an aromatic ring is 1. The Morgan fingerprint density at radius 2 is 2.00 bits per heavy atom.